The Bertz CT molecular complexity index is 274. The molecule has 1 aliphatic rings. The molecule has 0 aromatic carbocycles. The van der Waals surface area contributed by atoms with Crippen molar-refractivity contribution < 1.29 is 14.7 Å². The van der Waals surface area contributed by atoms with E-state index in [9.17, 15) is 9.59 Å². The van der Waals surface area contributed by atoms with E-state index in [2.05, 4.69) is 12.2 Å². The summed E-state index contributed by atoms with van der Waals surface area (Å²) >= 11 is 0. The molecule has 2 unspecified atom stereocenters. The van der Waals surface area contributed by atoms with Crippen LogP contribution in [0, 0.1) is 11.8 Å². The maximum atomic E-state index is 12.0. The largest absolute Gasteiger partial charge is 0.480 e. The van der Waals surface area contributed by atoms with Gasteiger partial charge in [-0.25, -0.2) is 4.79 Å². The summed E-state index contributed by atoms with van der Waals surface area (Å²) in [6, 6.07) is -0.668. The van der Waals surface area contributed by atoms with Crippen molar-refractivity contribution in [3.63, 3.8) is 0 Å². The zero-order valence-corrected chi connectivity index (χ0v) is 10.7. The summed E-state index contributed by atoms with van der Waals surface area (Å²) in [6.45, 7) is 4.07. The highest BCUT2D eigenvalue weighted by Crippen LogP contribution is 2.33. The Labute approximate surface area is 103 Å². The molecule has 4 nitrogen and oxygen atoms in total. The van der Waals surface area contributed by atoms with Crippen LogP contribution in [0.15, 0.2) is 0 Å². The molecule has 17 heavy (non-hydrogen) atoms. The number of unbranched alkanes of at least 4 members (excludes halogenated alkanes) is 1. The Kier molecular flexibility index (Phi) is 5.45. The maximum Gasteiger partial charge on any atom is 0.326 e. The van der Waals surface area contributed by atoms with E-state index >= 15 is 0 Å². The minimum Gasteiger partial charge on any atom is -0.480 e. The quantitative estimate of drug-likeness (QED) is 0.684. The predicted molar refractivity (Wildman–Crippen MR) is 65.6 cm³/mol. The molecule has 4 heteroatoms. The van der Waals surface area contributed by atoms with E-state index < -0.39 is 12.0 Å². The molecule has 0 spiro atoms. The third-order valence-electron chi connectivity index (χ3n) is 3.43. The van der Waals surface area contributed by atoms with Crippen LogP contribution in [0.1, 0.15) is 52.4 Å². The molecule has 1 saturated carbocycles. The van der Waals surface area contributed by atoms with E-state index in [4.69, 9.17) is 5.11 Å². The zero-order valence-electron chi connectivity index (χ0n) is 10.7. The molecular formula is C13H23NO3. The van der Waals surface area contributed by atoms with E-state index in [1.165, 1.54) is 0 Å². The lowest BCUT2D eigenvalue weighted by atomic mass is 9.98. The van der Waals surface area contributed by atoms with Crippen molar-refractivity contribution in [2.45, 2.75) is 58.4 Å². The molecule has 2 N–H and O–H groups in total. The molecular weight excluding hydrogens is 218 g/mol. The molecule has 0 saturated heterocycles. The number of carboxylic acid groups (broad SMARTS) is 1. The number of amides is 1. The van der Waals surface area contributed by atoms with Gasteiger partial charge in [-0.15, -0.1) is 0 Å². The molecule has 0 bridgehead atoms. The number of nitrogens with one attached hydrogen (secondary N) is 1. The van der Waals surface area contributed by atoms with Gasteiger partial charge in [0.05, 0.1) is 0 Å². The summed E-state index contributed by atoms with van der Waals surface area (Å²) in [4.78, 5) is 23.0. The van der Waals surface area contributed by atoms with Gasteiger partial charge in [-0.1, -0.05) is 26.7 Å². The Morgan fingerprint density at radius 2 is 2.00 bits per heavy atom. The first-order chi connectivity index (χ1) is 8.10. The van der Waals surface area contributed by atoms with Crippen LogP contribution in [0.3, 0.4) is 0 Å². The lowest BCUT2D eigenvalue weighted by Crippen LogP contribution is -2.44. The van der Waals surface area contributed by atoms with Crippen LogP contribution < -0.4 is 5.32 Å². The summed E-state index contributed by atoms with van der Waals surface area (Å²) in [5, 5.41) is 11.7. The lowest BCUT2D eigenvalue weighted by Gasteiger charge is -2.19. The van der Waals surface area contributed by atoms with Crippen LogP contribution in [0.25, 0.3) is 0 Å². The number of carbonyl (C=O) groups excluding carboxylic acids is 1. The van der Waals surface area contributed by atoms with Crippen LogP contribution in [0.2, 0.25) is 0 Å². The van der Waals surface area contributed by atoms with Crippen molar-refractivity contribution >= 4 is 11.9 Å². The number of hydrogen-bond acceptors (Lipinski definition) is 2. The maximum absolute atomic E-state index is 12.0. The first-order valence-corrected chi connectivity index (χ1v) is 6.63. The number of hydrogen-bond donors (Lipinski definition) is 2. The summed E-state index contributed by atoms with van der Waals surface area (Å²) in [7, 11) is 0. The van der Waals surface area contributed by atoms with Gasteiger partial charge in [-0.05, 0) is 31.6 Å². The summed E-state index contributed by atoms with van der Waals surface area (Å²) in [6.07, 6.45) is 5.56. The fourth-order valence-corrected chi connectivity index (χ4v) is 2.05. The van der Waals surface area contributed by atoms with Gasteiger partial charge in [-0.2, -0.15) is 0 Å². The van der Waals surface area contributed by atoms with E-state index in [1.54, 1.807) is 0 Å². The van der Waals surface area contributed by atoms with Gasteiger partial charge in [0.15, 0.2) is 0 Å². The van der Waals surface area contributed by atoms with Crippen LogP contribution in [-0.4, -0.2) is 23.0 Å². The van der Waals surface area contributed by atoms with Crippen molar-refractivity contribution in [3.05, 3.63) is 0 Å². The van der Waals surface area contributed by atoms with Crippen LogP contribution >= 0.6 is 0 Å². The second kappa shape index (κ2) is 6.62. The van der Waals surface area contributed by atoms with Crippen molar-refractivity contribution in [3.8, 4) is 0 Å². The van der Waals surface area contributed by atoms with E-state index in [0.717, 1.165) is 38.5 Å². The number of aliphatic carboxylic acids is 1. The molecule has 0 heterocycles. The first kappa shape index (κ1) is 14.0. The normalized spacial score (nSPS) is 18.5. The minimum atomic E-state index is -0.897. The average molecular weight is 241 g/mol. The van der Waals surface area contributed by atoms with Gasteiger partial charge < -0.3 is 10.4 Å². The number of carbonyl (C=O) groups is 2. The van der Waals surface area contributed by atoms with Crippen molar-refractivity contribution in [2.75, 3.05) is 0 Å². The third-order valence-corrected chi connectivity index (χ3v) is 3.43. The highest BCUT2D eigenvalue weighted by molar-refractivity contribution is 5.85. The highest BCUT2D eigenvalue weighted by Gasteiger charge is 2.37. The molecule has 2 atom stereocenters. The smallest absolute Gasteiger partial charge is 0.326 e. The van der Waals surface area contributed by atoms with Gasteiger partial charge in [0.25, 0.3) is 0 Å². The molecule has 1 rings (SSSR count). The third kappa shape index (κ3) is 4.36. The molecule has 1 fully saturated rings. The Morgan fingerprint density at radius 1 is 1.35 bits per heavy atom. The number of rotatable bonds is 8. The summed E-state index contributed by atoms with van der Waals surface area (Å²) in [5.41, 5.74) is 0. The van der Waals surface area contributed by atoms with Gasteiger partial charge in [-0.3, -0.25) is 4.79 Å². The molecule has 1 aliphatic carbocycles. The SMILES string of the molecule is CCCCC(CC)C(=O)NC(C(=O)O)C1CC1. The summed E-state index contributed by atoms with van der Waals surface area (Å²) < 4.78 is 0. The lowest BCUT2D eigenvalue weighted by molar-refractivity contribution is -0.143. The monoisotopic (exact) mass is 241 g/mol. The molecule has 0 aromatic rings. The molecule has 0 aliphatic heterocycles. The van der Waals surface area contributed by atoms with E-state index in [1.807, 2.05) is 6.92 Å². The van der Waals surface area contributed by atoms with Gasteiger partial charge >= 0.3 is 5.97 Å². The molecule has 98 valence electrons. The van der Waals surface area contributed by atoms with Crippen molar-refractivity contribution in [1.29, 1.82) is 0 Å². The first-order valence-electron chi connectivity index (χ1n) is 6.63. The van der Waals surface area contributed by atoms with Crippen molar-refractivity contribution in [1.82, 2.24) is 5.32 Å². The Balaban J connectivity index is 2.46. The van der Waals surface area contributed by atoms with Crippen LogP contribution in [0.4, 0.5) is 0 Å². The fourth-order valence-electron chi connectivity index (χ4n) is 2.05. The standard InChI is InChI=1S/C13H23NO3/c1-3-5-6-9(4-2)12(15)14-11(13(16)17)10-7-8-10/h9-11H,3-8H2,1-2H3,(H,14,15)(H,16,17). The topological polar surface area (TPSA) is 66.4 Å². The van der Waals surface area contributed by atoms with Crippen LogP contribution in [-0.2, 0) is 9.59 Å². The van der Waals surface area contributed by atoms with Gasteiger partial charge in [0.2, 0.25) is 5.91 Å². The average Bonchev–Trinajstić information content (AvgIpc) is 3.10. The minimum absolute atomic E-state index is 0.0319. The van der Waals surface area contributed by atoms with Crippen LogP contribution in [0.5, 0.6) is 0 Å². The number of carboxylic acids is 1. The second-order valence-electron chi connectivity index (χ2n) is 4.91. The predicted octanol–water partition coefficient (Wildman–Crippen LogP) is 2.18. The van der Waals surface area contributed by atoms with E-state index in [0.29, 0.717) is 0 Å². The van der Waals surface area contributed by atoms with Gasteiger partial charge in [0.1, 0.15) is 6.04 Å². The zero-order chi connectivity index (χ0) is 12.8. The van der Waals surface area contributed by atoms with Gasteiger partial charge in [0, 0.05) is 5.92 Å². The Morgan fingerprint density at radius 3 is 2.41 bits per heavy atom. The van der Waals surface area contributed by atoms with Crippen molar-refractivity contribution in [2.24, 2.45) is 11.8 Å². The fraction of sp³-hybridized carbons (Fsp3) is 0.846. The molecule has 0 radical (unpaired) electrons. The Hall–Kier alpha value is -1.06. The summed E-state index contributed by atoms with van der Waals surface area (Å²) in [5.74, 6) is -0.859. The molecule has 1 amide bonds. The highest BCUT2D eigenvalue weighted by atomic mass is 16.4. The second-order valence-corrected chi connectivity index (χ2v) is 4.91. The molecule has 0 aromatic heterocycles. The van der Waals surface area contributed by atoms with E-state index in [-0.39, 0.29) is 17.7 Å².